The van der Waals surface area contributed by atoms with Crippen LogP contribution in [0.15, 0.2) is 18.2 Å². The zero-order valence-electron chi connectivity index (χ0n) is 9.73. The summed E-state index contributed by atoms with van der Waals surface area (Å²) in [5, 5.41) is 3.08. The second-order valence-electron chi connectivity index (χ2n) is 4.48. The Morgan fingerprint density at radius 3 is 2.47 bits per heavy atom. The van der Waals surface area contributed by atoms with E-state index >= 15 is 0 Å². The van der Waals surface area contributed by atoms with E-state index in [0.717, 1.165) is 11.4 Å². The monoisotopic (exact) mass is 227 g/mol. The Labute approximate surface area is 96.6 Å². The van der Waals surface area contributed by atoms with Gasteiger partial charge in [-0.1, -0.05) is 26.8 Å². The fourth-order valence-corrected chi connectivity index (χ4v) is 1.53. The van der Waals surface area contributed by atoms with E-state index in [1.54, 1.807) is 7.11 Å². The average Bonchev–Trinajstić information content (AvgIpc) is 2.17. The minimum atomic E-state index is 0.134. The van der Waals surface area contributed by atoms with Crippen molar-refractivity contribution in [3.63, 3.8) is 0 Å². The minimum Gasteiger partial charge on any atom is -0.495 e. The Bertz CT molecular complexity index is 331. The number of anilines is 1. The highest BCUT2D eigenvalue weighted by atomic mass is 35.5. The average molecular weight is 228 g/mol. The Morgan fingerprint density at radius 1 is 1.33 bits per heavy atom. The molecule has 0 bridgehead atoms. The Morgan fingerprint density at radius 2 is 2.00 bits per heavy atom. The third-order valence-corrected chi connectivity index (χ3v) is 2.46. The first-order valence-electron chi connectivity index (χ1n) is 4.97. The van der Waals surface area contributed by atoms with Crippen LogP contribution in [-0.2, 0) is 5.41 Å². The van der Waals surface area contributed by atoms with Crippen LogP contribution in [0.3, 0.4) is 0 Å². The number of hydrogen-bond donors (Lipinski definition) is 1. The first kappa shape index (κ1) is 12.2. The summed E-state index contributed by atoms with van der Waals surface area (Å²) in [7, 11) is 1.66. The van der Waals surface area contributed by atoms with Crippen molar-refractivity contribution in [1.82, 2.24) is 0 Å². The predicted octanol–water partition coefficient (Wildman–Crippen LogP) is 3.60. The van der Waals surface area contributed by atoms with E-state index in [9.17, 15) is 0 Å². The summed E-state index contributed by atoms with van der Waals surface area (Å²) < 4.78 is 5.24. The number of benzene rings is 1. The summed E-state index contributed by atoms with van der Waals surface area (Å²) in [5.41, 5.74) is 2.34. The molecule has 0 radical (unpaired) electrons. The number of hydrogen-bond acceptors (Lipinski definition) is 2. The van der Waals surface area contributed by atoms with Gasteiger partial charge in [-0.15, -0.1) is 11.6 Å². The van der Waals surface area contributed by atoms with Crippen molar-refractivity contribution in [2.45, 2.75) is 26.2 Å². The van der Waals surface area contributed by atoms with Crippen molar-refractivity contribution in [2.24, 2.45) is 0 Å². The largest absolute Gasteiger partial charge is 0.495 e. The summed E-state index contributed by atoms with van der Waals surface area (Å²) in [6.45, 7) is 6.54. The molecule has 1 rings (SSSR count). The Hall–Kier alpha value is -0.890. The molecule has 2 nitrogen and oxygen atoms in total. The number of rotatable bonds is 3. The molecule has 0 aromatic heterocycles. The lowest BCUT2D eigenvalue weighted by Gasteiger charge is -2.21. The fourth-order valence-electron chi connectivity index (χ4n) is 1.38. The van der Waals surface area contributed by atoms with E-state index in [1.807, 2.05) is 6.07 Å². The maximum atomic E-state index is 5.66. The highest BCUT2D eigenvalue weighted by Gasteiger charge is 2.15. The van der Waals surface area contributed by atoms with Crippen LogP contribution in [0.25, 0.3) is 0 Å². The highest BCUT2D eigenvalue weighted by Crippen LogP contribution is 2.31. The molecule has 0 saturated carbocycles. The second kappa shape index (κ2) is 4.75. The van der Waals surface area contributed by atoms with Crippen molar-refractivity contribution >= 4 is 17.3 Å². The van der Waals surface area contributed by atoms with Gasteiger partial charge in [0.25, 0.3) is 0 Å². The zero-order chi connectivity index (χ0) is 11.5. The van der Waals surface area contributed by atoms with E-state index in [4.69, 9.17) is 16.3 Å². The van der Waals surface area contributed by atoms with E-state index in [-0.39, 0.29) is 5.41 Å². The van der Waals surface area contributed by atoms with Gasteiger partial charge in [-0.3, -0.25) is 0 Å². The lowest BCUT2D eigenvalue weighted by atomic mass is 9.87. The van der Waals surface area contributed by atoms with Gasteiger partial charge in [0.05, 0.1) is 18.8 Å². The molecule has 0 spiro atoms. The van der Waals surface area contributed by atoms with Gasteiger partial charge >= 0.3 is 0 Å². The van der Waals surface area contributed by atoms with E-state index in [0.29, 0.717) is 6.00 Å². The van der Waals surface area contributed by atoms with Gasteiger partial charge in [0.2, 0.25) is 0 Å². The molecule has 0 saturated heterocycles. The molecule has 0 unspecified atom stereocenters. The molecule has 0 aliphatic carbocycles. The van der Waals surface area contributed by atoms with E-state index in [2.05, 4.69) is 38.2 Å². The zero-order valence-corrected chi connectivity index (χ0v) is 10.5. The van der Waals surface area contributed by atoms with Crippen LogP contribution < -0.4 is 10.1 Å². The molecule has 1 aromatic rings. The molecule has 1 aromatic carbocycles. The molecule has 1 N–H and O–H groups in total. The predicted molar refractivity (Wildman–Crippen MR) is 66.0 cm³/mol. The minimum absolute atomic E-state index is 0.134. The van der Waals surface area contributed by atoms with Gasteiger partial charge < -0.3 is 10.1 Å². The normalized spacial score (nSPS) is 11.3. The van der Waals surface area contributed by atoms with Gasteiger partial charge in [-0.25, -0.2) is 0 Å². The maximum Gasteiger partial charge on any atom is 0.141 e. The molecule has 0 amide bonds. The molecule has 0 aliphatic heterocycles. The highest BCUT2D eigenvalue weighted by molar-refractivity contribution is 6.18. The first-order valence-corrected chi connectivity index (χ1v) is 5.51. The van der Waals surface area contributed by atoms with Gasteiger partial charge in [0.1, 0.15) is 5.75 Å². The summed E-state index contributed by atoms with van der Waals surface area (Å²) in [4.78, 5) is 0. The van der Waals surface area contributed by atoms with Crippen molar-refractivity contribution in [3.8, 4) is 5.75 Å². The molecular formula is C12H18ClNO. The summed E-state index contributed by atoms with van der Waals surface area (Å²) >= 11 is 5.66. The number of nitrogens with one attached hydrogen (secondary N) is 1. The molecule has 0 fully saturated rings. The van der Waals surface area contributed by atoms with Crippen LogP contribution in [0, 0.1) is 0 Å². The van der Waals surface area contributed by atoms with Gasteiger partial charge in [-0.2, -0.15) is 0 Å². The van der Waals surface area contributed by atoms with Gasteiger partial charge in [0.15, 0.2) is 0 Å². The standard InChI is InChI=1S/C12H18ClNO/c1-12(2,3)9-5-6-11(15-4)10(7-9)14-8-13/h5-7,14H,8H2,1-4H3. The molecule has 0 heterocycles. The van der Waals surface area contributed by atoms with Gasteiger partial charge in [-0.05, 0) is 23.1 Å². The lowest BCUT2D eigenvalue weighted by Crippen LogP contribution is -2.11. The first-order chi connectivity index (χ1) is 6.99. The lowest BCUT2D eigenvalue weighted by molar-refractivity contribution is 0.416. The van der Waals surface area contributed by atoms with Crippen molar-refractivity contribution in [1.29, 1.82) is 0 Å². The van der Waals surface area contributed by atoms with Crippen molar-refractivity contribution < 1.29 is 4.74 Å². The molecule has 84 valence electrons. The topological polar surface area (TPSA) is 21.3 Å². The smallest absolute Gasteiger partial charge is 0.141 e. The van der Waals surface area contributed by atoms with Crippen LogP contribution in [-0.4, -0.2) is 13.1 Å². The van der Waals surface area contributed by atoms with Gasteiger partial charge in [0, 0.05) is 0 Å². The number of halogens is 1. The number of ether oxygens (including phenoxy) is 1. The third-order valence-electron chi connectivity index (χ3n) is 2.32. The maximum absolute atomic E-state index is 5.66. The van der Waals surface area contributed by atoms with Crippen LogP contribution in [0.4, 0.5) is 5.69 Å². The van der Waals surface area contributed by atoms with Crippen molar-refractivity contribution in [2.75, 3.05) is 18.4 Å². The summed E-state index contributed by atoms with van der Waals surface area (Å²) in [6.07, 6.45) is 0. The van der Waals surface area contributed by atoms with E-state index < -0.39 is 0 Å². The summed E-state index contributed by atoms with van der Waals surface area (Å²) in [6, 6.07) is 6.51. The van der Waals surface area contributed by atoms with Crippen LogP contribution in [0.1, 0.15) is 26.3 Å². The quantitative estimate of drug-likeness (QED) is 0.629. The van der Waals surface area contributed by atoms with E-state index in [1.165, 1.54) is 5.56 Å². The number of alkyl halides is 1. The molecule has 15 heavy (non-hydrogen) atoms. The third kappa shape index (κ3) is 3.03. The Balaban J connectivity index is 3.10. The molecule has 0 atom stereocenters. The van der Waals surface area contributed by atoms with Crippen molar-refractivity contribution in [3.05, 3.63) is 23.8 Å². The molecule has 0 aliphatic rings. The Kier molecular flexibility index (Phi) is 3.86. The second-order valence-corrected chi connectivity index (χ2v) is 4.74. The summed E-state index contributed by atoms with van der Waals surface area (Å²) in [5.74, 6) is 0.823. The number of methoxy groups -OCH3 is 1. The fraction of sp³-hybridized carbons (Fsp3) is 0.500. The van der Waals surface area contributed by atoms with Crippen LogP contribution in [0.5, 0.6) is 5.75 Å². The van der Waals surface area contributed by atoms with Crippen LogP contribution >= 0.6 is 11.6 Å². The SMILES string of the molecule is COc1ccc(C(C)(C)C)cc1NCCl. The molecule has 3 heteroatoms. The molecular weight excluding hydrogens is 210 g/mol. The van der Waals surface area contributed by atoms with Crippen LogP contribution in [0.2, 0.25) is 0 Å².